The Morgan fingerprint density at radius 3 is 2.07 bits per heavy atom. The summed E-state index contributed by atoms with van der Waals surface area (Å²) in [4.78, 5) is 26.6. The summed E-state index contributed by atoms with van der Waals surface area (Å²) in [6.07, 6.45) is 3.56. The van der Waals surface area contributed by atoms with Crippen LogP contribution in [-0.2, 0) is 23.8 Å². The maximum absolute atomic E-state index is 13.4. The van der Waals surface area contributed by atoms with E-state index in [0.29, 0.717) is 28.5 Å². The third kappa shape index (κ3) is 1.73. The fourth-order valence-corrected chi connectivity index (χ4v) is 18.4. The van der Waals surface area contributed by atoms with Crippen LogP contribution in [0.5, 0.6) is 0 Å². The molecule has 0 aromatic carbocycles. The van der Waals surface area contributed by atoms with E-state index in [2.05, 4.69) is 39.3 Å². The Hall–Kier alpha value is -0.926. The van der Waals surface area contributed by atoms with Gasteiger partial charge in [0.2, 0.25) is 0 Å². The van der Waals surface area contributed by atoms with Gasteiger partial charge in [-0.15, -0.1) is 0 Å². The van der Waals surface area contributed by atoms with Crippen molar-refractivity contribution < 1.29 is 23.8 Å². The second-order valence-corrected chi connectivity index (χ2v) is 22.6. The van der Waals surface area contributed by atoms with Crippen molar-refractivity contribution in [2.45, 2.75) is 80.3 Å². The van der Waals surface area contributed by atoms with Crippen molar-refractivity contribution in [3.05, 3.63) is 11.1 Å². The van der Waals surface area contributed by atoms with Gasteiger partial charge in [-0.25, -0.2) is 9.59 Å². The molecule has 160 valence electrons. The highest BCUT2D eigenvalue weighted by Gasteiger charge is 3.01. The summed E-state index contributed by atoms with van der Waals surface area (Å²) in [6, 6.07) is 0. The molecule has 3 saturated carbocycles. The van der Waals surface area contributed by atoms with Crippen molar-refractivity contribution in [3.8, 4) is 0 Å². The van der Waals surface area contributed by atoms with Crippen molar-refractivity contribution in [3.63, 3.8) is 0 Å². The number of esters is 2. The quantitative estimate of drug-likeness (QED) is 0.380. The number of ether oxygens (including phenoxy) is 3. The van der Waals surface area contributed by atoms with Gasteiger partial charge in [-0.1, -0.05) is 39.3 Å². The molecule has 1 heterocycles. The highest BCUT2D eigenvalue weighted by Crippen LogP contribution is 2.96. The van der Waals surface area contributed by atoms with Gasteiger partial charge in [0, 0.05) is 19.0 Å². The first-order valence-corrected chi connectivity index (χ1v) is 18.1. The fraction of sp³-hybridized carbons (Fsp3) is 0.818. The Labute approximate surface area is 175 Å². The van der Waals surface area contributed by atoms with Gasteiger partial charge in [0.1, 0.15) is 11.2 Å². The second kappa shape index (κ2) is 5.27. The Morgan fingerprint density at radius 2 is 1.55 bits per heavy atom. The molecule has 0 radical (unpaired) electrons. The molecule has 7 heteroatoms. The molecule has 5 nitrogen and oxygen atoms in total. The third-order valence-corrected chi connectivity index (χ3v) is 15.4. The summed E-state index contributed by atoms with van der Waals surface area (Å²) in [5.74, 6) is 0.313. The van der Waals surface area contributed by atoms with Crippen molar-refractivity contribution in [2.75, 3.05) is 14.2 Å². The molecule has 7 atom stereocenters. The normalized spacial score (nSPS) is 46.6. The van der Waals surface area contributed by atoms with E-state index in [1.54, 1.807) is 0 Å². The first-order valence-electron chi connectivity index (χ1n) is 11.0. The SMILES string of the molecule is COC(=O)C1=C(C(=O)OC)[C@@]2([Si](C)(C)C)[C@H]([Si](C)(C)C)[C@H]1[C@@]13O[C@]12[C@H]1CC[C@H]3C1. The number of hydrogen-bond donors (Lipinski definition) is 0. The monoisotopic (exact) mass is 434 g/mol. The van der Waals surface area contributed by atoms with Gasteiger partial charge in [-0.2, -0.15) is 0 Å². The highest BCUT2D eigenvalue weighted by atomic mass is 28.3. The molecule has 0 spiro atoms. The van der Waals surface area contributed by atoms with Gasteiger partial charge >= 0.3 is 11.9 Å². The molecular weight excluding hydrogens is 400 g/mol. The van der Waals surface area contributed by atoms with Crippen molar-refractivity contribution in [1.29, 1.82) is 0 Å². The molecule has 5 aliphatic rings. The molecule has 4 aliphatic carbocycles. The van der Waals surface area contributed by atoms with Crippen LogP contribution in [-0.4, -0.2) is 53.5 Å². The standard InChI is InChI=1S/C22H34O5Si2/c1-25-18(23)14-15-17(28(3,4)5)21(29(6,7)8,16(14)19(24)26-2)22-13-10-9-12(11-13)20(15,22)27-22/h12-13,15,17H,9-11H2,1-8H3/t12-,13-,15-,17+,20+,21+,22+/m0/s1. The van der Waals surface area contributed by atoms with Crippen LogP contribution >= 0.6 is 0 Å². The predicted octanol–water partition coefficient (Wildman–Crippen LogP) is 4.00. The molecular formula is C22H34O5Si2. The van der Waals surface area contributed by atoms with Crippen LogP contribution in [0.3, 0.4) is 0 Å². The number of epoxide rings is 1. The number of rotatable bonds is 4. The molecule has 5 rings (SSSR count). The van der Waals surface area contributed by atoms with Crippen molar-refractivity contribution >= 4 is 28.1 Å². The van der Waals surface area contributed by atoms with Crippen LogP contribution in [0.25, 0.3) is 0 Å². The summed E-state index contributed by atoms with van der Waals surface area (Å²) < 4.78 is 17.6. The zero-order valence-corrected chi connectivity index (χ0v) is 21.0. The van der Waals surface area contributed by atoms with E-state index in [4.69, 9.17) is 14.2 Å². The maximum Gasteiger partial charge on any atom is 0.334 e. The summed E-state index contributed by atoms with van der Waals surface area (Å²) in [5, 5.41) is -0.369. The average molecular weight is 435 g/mol. The Morgan fingerprint density at radius 1 is 0.966 bits per heavy atom. The average Bonchev–Trinajstić information content (AvgIpc) is 2.95. The molecule has 4 bridgehead atoms. The molecule has 0 N–H and O–H groups in total. The van der Waals surface area contributed by atoms with Crippen LogP contribution in [0.4, 0.5) is 0 Å². The Balaban J connectivity index is 1.91. The van der Waals surface area contributed by atoms with Gasteiger partial charge in [-0.3, -0.25) is 0 Å². The lowest BCUT2D eigenvalue weighted by Crippen LogP contribution is -2.57. The largest absolute Gasteiger partial charge is 0.466 e. The van der Waals surface area contributed by atoms with Crippen molar-refractivity contribution in [1.82, 2.24) is 0 Å². The topological polar surface area (TPSA) is 65.1 Å². The van der Waals surface area contributed by atoms with E-state index in [0.717, 1.165) is 0 Å². The van der Waals surface area contributed by atoms with Gasteiger partial charge in [0.15, 0.2) is 0 Å². The van der Waals surface area contributed by atoms with Gasteiger partial charge in [0.05, 0.1) is 33.4 Å². The number of carbonyl (C=O) groups is 2. The predicted molar refractivity (Wildman–Crippen MR) is 115 cm³/mol. The molecule has 0 unspecified atom stereocenters. The van der Waals surface area contributed by atoms with Crippen LogP contribution in [0.2, 0.25) is 49.9 Å². The third-order valence-electron chi connectivity index (χ3n) is 9.22. The van der Waals surface area contributed by atoms with Gasteiger partial charge < -0.3 is 14.2 Å². The molecule has 0 amide bonds. The minimum Gasteiger partial charge on any atom is -0.466 e. The smallest absolute Gasteiger partial charge is 0.334 e. The lowest BCUT2D eigenvalue weighted by molar-refractivity contribution is -0.140. The zero-order chi connectivity index (χ0) is 21.4. The minimum absolute atomic E-state index is 0.0160. The molecule has 1 saturated heterocycles. The Bertz CT molecular complexity index is 867. The van der Waals surface area contributed by atoms with E-state index in [1.807, 2.05) is 0 Å². The van der Waals surface area contributed by atoms with E-state index >= 15 is 0 Å². The second-order valence-electron chi connectivity index (χ2n) is 12.0. The highest BCUT2D eigenvalue weighted by molar-refractivity contribution is 6.87. The van der Waals surface area contributed by atoms with E-state index in [1.165, 1.54) is 33.5 Å². The van der Waals surface area contributed by atoms with Gasteiger partial charge in [-0.05, 0) is 36.6 Å². The number of methoxy groups -OCH3 is 2. The van der Waals surface area contributed by atoms with Gasteiger partial charge in [0.25, 0.3) is 0 Å². The van der Waals surface area contributed by atoms with Crippen LogP contribution < -0.4 is 0 Å². The Kier molecular flexibility index (Phi) is 3.64. The summed E-state index contributed by atoms with van der Waals surface area (Å²) in [5.41, 5.74) is 1.06. The molecule has 0 aromatic heterocycles. The molecule has 29 heavy (non-hydrogen) atoms. The van der Waals surface area contributed by atoms with E-state index in [9.17, 15) is 9.59 Å². The van der Waals surface area contributed by atoms with E-state index < -0.39 is 16.1 Å². The fourth-order valence-electron chi connectivity index (χ4n) is 9.11. The first-order chi connectivity index (χ1) is 13.4. The first kappa shape index (κ1) is 20.0. The van der Waals surface area contributed by atoms with Crippen LogP contribution in [0, 0.1) is 17.8 Å². The zero-order valence-electron chi connectivity index (χ0n) is 19.0. The maximum atomic E-state index is 13.4. The molecule has 0 aromatic rings. The number of hydrogen-bond acceptors (Lipinski definition) is 5. The number of carbonyl (C=O) groups excluding carboxylic acids is 2. The van der Waals surface area contributed by atoms with Crippen LogP contribution in [0.15, 0.2) is 11.1 Å². The summed E-state index contributed by atoms with van der Waals surface area (Å²) >= 11 is 0. The summed E-state index contributed by atoms with van der Waals surface area (Å²) in [6.45, 7) is 14.3. The summed E-state index contributed by atoms with van der Waals surface area (Å²) in [7, 11) is -0.984. The lowest BCUT2D eigenvalue weighted by atomic mass is 9.68. The van der Waals surface area contributed by atoms with Crippen LogP contribution in [0.1, 0.15) is 19.3 Å². The minimum atomic E-state index is -2.06. The lowest BCUT2D eigenvalue weighted by Gasteiger charge is -2.53. The van der Waals surface area contributed by atoms with E-state index in [-0.39, 0.29) is 34.1 Å². The van der Waals surface area contributed by atoms with Crippen molar-refractivity contribution in [2.24, 2.45) is 17.8 Å². The molecule has 4 fully saturated rings. The molecule has 1 aliphatic heterocycles. The number of fused-ring (bicyclic) bond motifs is 4.